The molecule has 2 amide bonds. The number of amides is 2. The molecule has 3 heterocycles. The van der Waals surface area contributed by atoms with Crippen molar-refractivity contribution in [3.63, 3.8) is 0 Å². The zero-order valence-electron chi connectivity index (χ0n) is 14.6. The van der Waals surface area contributed by atoms with E-state index in [0.717, 1.165) is 38.9 Å². The topological polar surface area (TPSA) is 44.8 Å². The van der Waals surface area contributed by atoms with Crippen molar-refractivity contribution in [2.45, 2.75) is 62.7 Å². The first-order valence-corrected chi connectivity index (χ1v) is 9.45. The first-order chi connectivity index (χ1) is 11.1. The van der Waals surface area contributed by atoms with Gasteiger partial charge in [-0.25, -0.2) is 4.79 Å². The highest BCUT2D eigenvalue weighted by Gasteiger charge is 2.63. The van der Waals surface area contributed by atoms with Crippen molar-refractivity contribution in [3.8, 4) is 0 Å². The number of fused-ring (bicyclic) bond motifs is 1. The zero-order chi connectivity index (χ0) is 16.0. The Kier molecular flexibility index (Phi) is 4.04. The van der Waals surface area contributed by atoms with Gasteiger partial charge in [-0.2, -0.15) is 0 Å². The van der Waals surface area contributed by atoms with Gasteiger partial charge in [-0.05, 0) is 39.8 Å². The third-order valence-corrected chi connectivity index (χ3v) is 6.58. The van der Waals surface area contributed by atoms with E-state index in [-0.39, 0.29) is 11.6 Å². The third-order valence-electron chi connectivity index (χ3n) is 6.58. The number of likely N-dealkylation sites (tertiary alicyclic amines) is 1. The maximum Gasteiger partial charge on any atom is 0.317 e. The average molecular weight is 321 g/mol. The molecule has 1 aliphatic carbocycles. The maximum absolute atomic E-state index is 12.7. The Morgan fingerprint density at radius 3 is 2.78 bits per heavy atom. The Balaban J connectivity index is 1.40. The summed E-state index contributed by atoms with van der Waals surface area (Å²) in [6, 6.07) is 0.542. The third kappa shape index (κ3) is 2.76. The second-order valence-corrected chi connectivity index (χ2v) is 8.46. The molecule has 0 unspecified atom stereocenters. The number of hydrogen-bond donors (Lipinski definition) is 1. The number of hydrogen-bond acceptors (Lipinski definition) is 3. The molecule has 3 aliphatic heterocycles. The Bertz CT molecular complexity index is 463. The fraction of sp³-hybridized carbons (Fsp3) is 0.944. The van der Waals surface area contributed by atoms with Crippen LogP contribution in [0.15, 0.2) is 0 Å². The monoisotopic (exact) mass is 321 g/mol. The van der Waals surface area contributed by atoms with Crippen LogP contribution >= 0.6 is 0 Å². The number of ether oxygens (including phenoxy) is 1. The van der Waals surface area contributed by atoms with Crippen LogP contribution in [0.1, 0.15) is 44.9 Å². The lowest BCUT2D eigenvalue weighted by Gasteiger charge is -2.30. The van der Waals surface area contributed by atoms with Crippen LogP contribution in [0.5, 0.6) is 0 Å². The molecule has 1 spiro atoms. The fourth-order valence-corrected chi connectivity index (χ4v) is 5.52. The molecule has 4 rings (SSSR count). The Hall–Kier alpha value is -0.810. The largest absolute Gasteiger partial charge is 0.369 e. The second kappa shape index (κ2) is 5.92. The van der Waals surface area contributed by atoms with E-state index in [2.05, 4.69) is 24.3 Å². The van der Waals surface area contributed by atoms with E-state index in [1.165, 1.54) is 25.7 Å². The van der Waals surface area contributed by atoms with Gasteiger partial charge in [-0.3, -0.25) is 0 Å². The molecule has 4 fully saturated rings. The minimum atomic E-state index is -0.0325. The number of nitrogens with one attached hydrogen (secondary N) is 1. The molecule has 3 saturated heterocycles. The molecule has 0 aromatic rings. The van der Waals surface area contributed by atoms with E-state index in [1.807, 2.05) is 4.90 Å². The summed E-state index contributed by atoms with van der Waals surface area (Å²) >= 11 is 0. The molecular weight excluding hydrogens is 290 g/mol. The van der Waals surface area contributed by atoms with Crippen molar-refractivity contribution in [3.05, 3.63) is 0 Å². The van der Waals surface area contributed by atoms with Crippen LogP contribution in [-0.2, 0) is 4.74 Å². The van der Waals surface area contributed by atoms with Gasteiger partial charge in [0.25, 0.3) is 0 Å². The highest BCUT2D eigenvalue weighted by molar-refractivity contribution is 5.75. The minimum absolute atomic E-state index is 0.0325. The molecule has 1 saturated carbocycles. The molecule has 23 heavy (non-hydrogen) atoms. The lowest BCUT2D eigenvalue weighted by molar-refractivity contribution is 0.00481. The molecular formula is C18H31N3O2. The summed E-state index contributed by atoms with van der Waals surface area (Å²) in [4.78, 5) is 17.0. The van der Waals surface area contributed by atoms with Crippen LogP contribution < -0.4 is 5.32 Å². The SMILES string of the molecule is CN(C)C[C@H]1[C@H]2CN(C(=O)NC3CCCCC3)C[C@]23CC[C@H]1O3. The fourth-order valence-electron chi connectivity index (χ4n) is 5.52. The van der Waals surface area contributed by atoms with Crippen molar-refractivity contribution in [2.75, 3.05) is 33.7 Å². The van der Waals surface area contributed by atoms with Gasteiger partial charge in [0.2, 0.25) is 0 Å². The first kappa shape index (κ1) is 15.7. The van der Waals surface area contributed by atoms with Crippen LogP contribution in [-0.4, -0.2) is 67.3 Å². The lowest BCUT2D eigenvalue weighted by atomic mass is 9.73. The smallest absolute Gasteiger partial charge is 0.317 e. The summed E-state index contributed by atoms with van der Waals surface area (Å²) in [5.74, 6) is 1.12. The molecule has 4 atom stereocenters. The van der Waals surface area contributed by atoms with Crippen molar-refractivity contribution in [2.24, 2.45) is 11.8 Å². The number of nitrogens with zero attached hydrogens (tertiary/aromatic N) is 2. The average Bonchev–Trinajstić information content (AvgIpc) is 3.17. The first-order valence-electron chi connectivity index (χ1n) is 9.45. The highest BCUT2D eigenvalue weighted by atomic mass is 16.5. The van der Waals surface area contributed by atoms with Gasteiger partial charge in [-0.15, -0.1) is 0 Å². The van der Waals surface area contributed by atoms with Crippen LogP contribution in [0.25, 0.3) is 0 Å². The summed E-state index contributed by atoms with van der Waals surface area (Å²) in [5, 5.41) is 3.28. The number of urea groups is 1. The van der Waals surface area contributed by atoms with Crippen LogP contribution in [0.2, 0.25) is 0 Å². The standard InChI is InChI=1S/C18H31N3O2/c1-20(2)10-14-15-11-21(12-18(15)9-8-16(14)23-18)17(22)19-13-6-4-3-5-7-13/h13-16H,3-12H2,1-2H3,(H,19,22)/t14-,15+,16+,18+/m0/s1. The van der Waals surface area contributed by atoms with Crippen molar-refractivity contribution < 1.29 is 9.53 Å². The van der Waals surface area contributed by atoms with Gasteiger partial charge >= 0.3 is 6.03 Å². The lowest BCUT2D eigenvalue weighted by Crippen LogP contribution is -2.46. The highest BCUT2D eigenvalue weighted by Crippen LogP contribution is 2.54. The number of carbonyl (C=O) groups is 1. The molecule has 0 aromatic heterocycles. The Labute approximate surface area is 139 Å². The van der Waals surface area contributed by atoms with Gasteiger partial charge in [0.05, 0.1) is 18.2 Å². The number of carbonyl (C=O) groups excluding carboxylic acids is 1. The van der Waals surface area contributed by atoms with Gasteiger partial charge in [0.1, 0.15) is 0 Å². The summed E-state index contributed by atoms with van der Waals surface area (Å²) < 4.78 is 6.42. The van der Waals surface area contributed by atoms with Gasteiger partial charge in [0, 0.05) is 31.0 Å². The van der Waals surface area contributed by atoms with E-state index in [0.29, 0.717) is 24.0 Å². The quantitative estimate of drug-likeness (QED) is 0.865. The van der Waals surface area contributed by atoms with Crippen molar-refractivity contribution >= 4 is 6.03 Å². The van der Waals surface area contributed by atoms with Gasteiger partial charge in [0.15, 0.2) is 0 Å². The molecule has 1 N–H and O–H groups in total. The minimum Gasteiger partial charge on any atom is -0.369 e. The van der Waals surface area contributed by atoms with E-state index in [4.69, 9.17) is 4.74 Å². The summed E-state index contributed by atoms with van der Waals surface area (Å²) in [7, 11) is 4.28. The van der Waals surface area contributed by atoms with Crippen molar-refractivity contribution in [1.29, 1.82) is 0 Å². The Morgan fingerprint density at radius 2 is 2.04 bits per heavy atom. The predicted octanol–water partition coefficient (Wildman–Crippen LogP) is 2.07. The van der Waals surface area contributed by atoms with E-state index in [9.17, 15) is 4.79 Å². The molecule has 5 heteroatoms. The predicted molar refractivity (Wildman–Crippen MR) is 89.3 cm³/mol. The normalized spacial score (nSPS) is 40.0. The number of rotatable bonds is 3. The molecule has 0 aromatic carbocycles. The van der Waals surface area contributed by atoms with E-state index >= 15 is 0 Å². The van der Waals surface area contributed by atoms with Crippen molar-refractivity contribution in [1.82, 2.24) is 15.1 Å². The van der Waals surface area contributed by atoms with Crippen LogP contribution in [0.3, 0.4) is 0 Å². The maximum atomic E-state index is 12.7. The molecule has 0 radical (unpaired) electrons. The molecule has 130 valence electrons. The summed E-state index contributed by atoms with van der Waals surface area (Å²) in [6.07, 6.45) is 8.87. The van der Waals surface area contributed by atoms with Gasteiger partial charge in [-0.1, -0.05) is 19.3 Å². The summed E-state index contributed by atoms with van der Waals surface area (Å²) in [6.45, 7) is 2.76. The van der Waals surface area contributed by atoms with Gasteiger partial charge < -0.3 is 19.9 Å². The van der Waals surface area contributed by atoms with E-state index in [1.54, 1.807) is 0 Å². The van der Waals surface area contributed by atoms with Crippen LogP contribution in [0.4, 0.5) is 4.79 Å². The molecule has 5 nitrogen and oxygen atoms in total. The zero-order valence-corrected chi connectivity index (χ0v) is 14.6. The molecule has 2 bridgehead atoms. The van der Waals surface area contributed by atoms with Crippen LogP contribution in [0, 0.1) is 11.8 Å². The molecule has 4 aliphatic rings. The van der Waals surface area contributed by atoms with E-state index < -0.39 is 0 Å². The second-order valence-electron chi connectivity index (χ2n) is 8.46. The Morgan fingerprint density at radius 1 is 1.26 bits per heavy atom. The summed E-state index contributed by atoms with van der Waals surface area (Å²) in [5.41, 5.74) is -0.0325.